The van der Waals surface area contributed by atoms with Gasteiger partial charge >= 0.3 is 0 Å². The van der Waals surface area contributed by atoms with Crippen LogP contribution in [0.1, 0.15) is 52.0 Å². The summed E-state index contributed by atoms with van der Waals surface area (Å²) >= 11 is 6.27. The molecule has 0 bridgehead atoms. The van der Waals surface area contributed by atoms with Crippen LogP contribution in [0.3, 0.4) is 0 Å². The highest BCUT2D eigenvalue weighted by atomic mass is 35.5. The van der Waals surface area contributed by atoms with Gasteiger partial charge in [0.2, 0.25) is 0 Å². The lowest BCUT2D eigenvalue weighted by Gasteiger charge is -2.11. The molecule has 1 aliphatic rings. The number of rotatable bonds is 12. The van der Waals surface area contributed by atoms with E-state index < -0.39 is 0 Å². The van der Waals surface area contributed by atoms with Gasteiger partial charge in [0.15, 0.2) is 0 Å². The van der Waals surface area contributed by atoms with E-state index >= 15 is 0 Å². The Kier molecular flexibility index (Phi) is 9.69. The maximum Gasteiger partial charge on any atom is 0.255 e. The number of halogens is 1. The quantitative estimate of drug-likeness (QED) is 0.190. The third-order valence-electron chi connectivity index (χ3n) is 5.13. The van der Waals surface area contributed by atoms with Gasteiger partial charge in [0.05, 0.1) is 0 Å². The van der Waals surface area contributed by atoms with Crippen LogP contribution in [0.2, 0.25) is 0 Å². The van der Waals surface area contributed by atoms with E-state index in [2.05, 4.69) is 44.1 Å². The third-order valence-corrected chi connectivity index (χ3v) is 5.59. The van der Waals surface area contributed by atoms with E-state index in [4.69, 9.17) is 11.6 Å². The zero-order chi connectivity index (χ0) is 21.2. The van der Waals surface area contributed by atoms with E-state index in [9.17, 15) is 4.79 Å². The molecule has 2 rings (SSSR count). The smallest absolute Gasteiger partial charge is 0.255 e. The first-order valence-corrected chi connectivity index (χ1v) is 11.2. The Morgan fingerprint density at radius 2 is 2.07 bits per heavy atom. The van der Waals surface area contributed by atoms with Crippen LogP contribution in [0.15, 0.2) is 59.7 Å². The second-order valence-corrected chi connectivity index (χ2v) is 8.57. The summed E-state index contributed by atoms with van der Waals surface area (Å²) in [5.41, 5.74) is 4.86. The van der Waals surface area contributed by atoms with E-state index in [1.807, 2.05) is 30.3 Å². The van der Waals surface area contributed by atoms with Crippen LogP contribution in [-0.4, -0.2) is 24.4 Å². The van der Waals surface area contributed by atoms with Gasteiger partial charge in [0, 0.05) is 23.2 Å². The fraction of sp³-hybridized carbons (Fsp3) is 0.480. The van der Waals surface area contributed by atoms with E-state index in [-0.39, 0.29) is 11.3 Å². The van der Waals surface area contributed by atoms with Gasteiger partial charge < -0.3 is 10.6 Å². The molecule has 1 saturated carbocycles. The molecule has 29 heavy (non-hydrogen) atoms. The van der Waals surface area contributed by atoms with Crippen molar-refractivity contribution in [2.45, 2.75) is 58.3 Å². The third kappa shape index (κ3) is 8.59. The molecule has 0 aromatic heterocycles. The van der Waals surface area contributed by atoms with Gasteiger partial charge in [-0.05, 0) is 80.8 Å². The number of carbonyl (C=O) groups excluding carboxylic acids is 1. The molecular weight excluding hydrogens is 380 g/mol. The SMILES string of the molecule is C=C(/C=C(\C=C(/C)C1CC1)CNCCC)C(=O)Nc1cccc(CC(Cl)CC)c1. The summed E-state index contributed by atoms with van der Waals surface area (Å²) in [5, 5.41) is 6.50. The molecule has 1 fully saturated rings. The highest BCUT2D eigenvalue weighted by molar-refractivity contribution is 6.20. The Balaban J connectivity index is 2.04. The summed E-state index contributed by atoms with van der Waals surface area (Å²) in [6.07, 6.45) is 9.46. The lowest BCUT2D eigenvalue weighted by molar-refractivity contribution is -0.112. The average Bonchev–Trinajstić information content (AvgIpc) is 3.53. The normalized spacial score (nSPS) is 15.9. The Labute approximate surface area is 181 Å². The zero-order valence-corrected chi connectivity index (χ0v) is 18.8. The van der Waals surface area contributed by atoms with Crippen molar-refractivity contribution in [3.05, 3.63) is 65.3 Å². The number of benzene rings is 1. The minimum atomic E-state index is -0.175. The molecule has 1 unspecified atom stereocenters. The van der Waals surface area contributed by atoms with Crippen molar-refractivity contribution in [2.75, 3.05) is 18.4 Å². The van der Waals surface area contributed by atoms with E-state index in [1.54, 1.807) is 0 Å². The molecule has 0 aliphatic heterocycles. The second kappa shape index (κ2) is 12.0. The van der Waals surface area contributed by atoms with Crippen molar-refractivity contribution in [1.82, 2.24) is 5.32 Å². The standard InChI is InChI=1S/C25H35ClN2O/c1-5-12-27-17-21(13-18(3)22-10-11-22)14-19(4)25(29)28-24-9-7-8-20(16-24)15-23(26)6-2/h7-9,13-14,16,22-23,27H,4-6,10-12,15,17H2,1-3H3,(H,28,29)/b18-13+,21-14+. The molecule has 3 nitrogen and oxygen atoms in total. The first-order valence-electron chi connectivity index (χ1n) is 10.8. The highest BCUT2D eigenvalue weighted by Crippen LogP contribution is 2.36. The second-order valence-electron chi connectivity index (χ2n) is 7.95. The van der Waals surface area contributed by atoms with Crippen molar-refractivity contribution in [2.24, 2.45) is 5.92 Å². The largest absolute Gasteiger partial charge is 0.322 e. The lowest BCUT2D eigenvalue weighted by atomic mass is 10.1. The van der Waals surface area contributed by atoms with Crippen molar-refractivity contribution in [1.29, 1.82) is 0 Å². The molecule has 1 aliphatic carbocycles. The first-order chi connectivity index (χ1) is 13.9. The van der Waals surface area contributed by atoms with Crippen LogP contribution < -0.4 is 10.6 Å². The number of hydrogen-bond acceptors (Lipinski definition) is 2. The van der Waals surface area contributed by atoms with E-state index in [1.165, 1.54) is 18.4 Å². The fourth-order valence-corrected chi connectivity index (χ4v) is 3.36. The molecular formula is C25H35ClN2O. The summed E-state index contributed by atoms with van der Waals surface area (Å²) in [7, 11) is 0. The number of alkyl halides is 1. The number of anilines is 1. The molecule has 0 spiro atoms. The minimum absolute atomic E-state index is 0.110. The fourth-order valence-electron chi connectivity index (χ4n) is 3.18. The first kappa shape index (κ1) is 23.4. The van der Waals surface area contributed by atoms with Gasteiger partial charge in [-0.1, -0.05) is 44.2 Å². The molecule has 1 atom stereocenters. The van der Waals surface area contributed by atoms with Crippen molar-refractivity contribution in [3.8, 4) is 0 Å². The molecule has 158 valence electrons. The average molecular weight is 415 g/mol. The Morgan fingerprint density at radius 3 is 2.72 bits per heavy atom. The van der Waals surface area contributed by atoms with Gasteiger partial charge in [0.25, 0.3) is 5.91 Å². The lowest BCUT2D eigenvalue weighted by Crippen LogP contribution is -2.18. The van der Waals surface area contributed by atoms with E-state index in [0.29, 0.717) is 11.5 Å². The number of carbonyl (C=O) groups is 1. The van der Waals surface area contributed by atoms with Gasteiger partial charge in [-0.3, -0.25) is 4.79 Å². The molecule has 0 radical (unpaired) electrons. The minimum Gasteiger partial charge on any atom is -0.322 e. The molecule has 2 N–H and O–H groups in total. The Morgan fingerprint density at radius 1 is 1.31 bits per heavy atom. The number of nitrogens with one attached hydrogen (secondary N) is 2. The van der Waals surface area contributed by atoms with Crippen molar-refractivity contribution >= 4 is 23.2 Å². The molecule has 1 aromatic carbocycles. The molecule has 0 heterocycles. The monoisotopic (exact) mass is 414 g/mol. The van der Waals surface area contributed by atoms with Crippen LogP contribution >= 0.6 is 11.6 Å². The number of hydrogen-bond donors (Lipinski definition) is 2. The summed E-state index contributed by atoms with van der Waals surface area (Å²) in [6, 6.07) is 7.87. The predicted molar refractivity (Wildman–Crippen MR) is 126 cm³/mol. The zero-order valence-electron chi connectivity index (χ0n) is 18.1. The van der Waals surface area contributed by atoms with Crippen LogP contribution in [0.5, 0.6) is 0 Å². The van der Waals surface area contributed by atoms with Crippen LogP contribution in [0.25, 0.3) is 0 Å². The topological polar surface area (TPSA) is 41.1 Å². The summed E-state index contributed by atoms with van der Waals surface area (Å²) in [6.45, 7) is 12.1. The maximum atomic E-state index is 12.7. The van der Waals surface area contributed by atoms with Crippen LogP contribution in [-0.2, 0) is 11.2 Å². The Hall–Kier alpha value is -1.84. The molecule has 4 heteroatoms. The summed E-state index contributed by atoms with van der Waals surface area (Å²) in [5.74, 6) is 0.536. The Bertz CT molecular complexity index is 762. The van der Waals surface area contributed by atoms with Crippen molar-refractivity contribution in [3.63, 3.8) is 0 Å². The molecule has 0 saturated heterocycles. The number of allylic oxidation sites excluding steroid dienone is 1. The van der Waals surface area contributed by atoms with E-state index in [0.717, 1.165) is 49.2 Å². The molecule has 1 aromatic rings. The van der Waals surface area contributed by atoms with Gasteiger partial charge in [-0.15, -0.1) is 11.6 Å². The van der Waals surface area contributed by atoms with Gasteiger partial charge in [-0.25, -0.2) is 0 Å². The van der Waals surface area contributed by atoms with Crippen molar-refractivity contribution < 1.29 is 4.79 Å². The maximum absolute atomic E-state index is 12.7. The summed E-state index contributed by atoms with van der Waals surface area (Å²) in [4.78, 5) is 12.7. The number of amides is 1. The predicted octanol–water partition coefficient (Wildman–Crippen LogP) is 6.02. The van der Waals surface area contributed by atoms with Gasteiger partial charge in [-0.2, -0.15) is 0 Å². The summed E-state index contributed by atoms with van der Waals surface area (Å²) < 4.78 is 0. The highest BCUT2D eigenvalue weighted by Gasteiger charge is 2.23. The van der Waals surface area contributed by atoms with Crippen LogP contribution in [0, 0.1) is 5.92 Å². The van der Waals surface area contributed by atoms with Crippen LogP contribution in [0.4, 0.5) is 5.69 Å². The van der Waals surface area contributed by atoms with Gasteiger partial charge in [0.1, 0.15) is 0 Å². The molecule has 1 amide bonds.